The fourth-order valence-corrected chi connectivity index (χ4v) is 3.56. The van der Waals surface area contributed by atoms with Gasteiger partial charge in [0.15, 0.2) is 0 Å². The fraction of sp³-hybridized carbons (Fsp3) is 0.0870. The number of benzene rings is 3. The van der Waals surface area contributed by atoms with Gasteiger partial charge >= 0.3 is 5.97 Å². The molecule has 0 spiro atoms. The van der Waals surface area contributed by atoms with Crippen LogP contribution in [0.1, 0.15) is 15.9 Å². The molecule has 1 heterocycles. The third kappa shape index (κ3) is 2.60. The van der Waals surface area contributed by atoms with Gasteiger partial charge in [0.1, 0.15) is 0 Å². The lowest BCUT2D eigenvalue weighted by atomic mass is 10.1. The summed E-state index contributed by atoms with van der Waals surface area (Å²) in [5, 5.41) is 2.29. The number of hydrogen-bond acceptors (Lipinski definition) is 4. The lowest BCUT2D eigenvalue weighted by molar-refractivity contribution is 0.0600. The Morgan fingerprint density at radius 2 is 1.25 bits per heavy atom. The summed E-state index contributed by atoms with van der Waals surface area (Å²) in [6.45, 7) is 1.70. The number of ether oxygens (including phenoxy) is 1. The first-order chi connectivity index (χ1) is 13.5. The van der Waals surface area contributed by atoms with Crippen LogP contribution in [0.5, 0.6) is 0 Å². The second-order valence-corrected chi connectivity index (χ2v) is 6.48. The van der Waals surface area contributed by atoms with E-state index in [-0.39, 0.29) is 0 Å². The van der Waals surface area contributed by atoms with E-state index in [1.54, 1.807) is 49.4 Å². The molecule has 0 N–H and O–H groups in total. The van der Waals surface area contributed by atoms with Crippen molar-refractivity contribution in [3.05, 3.63) is 98.6 Å². The molecule has 3 aromatic carbocycles. The maximum atomic E-state index is 13.4. The highest BCUT2D eigenvalue weighted by atomic mass is 16.5. The molecule has 4 rings (SSSR count). The Hall–Kier alpha value is -3.73. The van der Waals surface area contributed by atoms with Crippen LogP contribution >= 0.6 is 0 Å². The highest BCUT2D eigenvalue weighted by molar-refractivity contribution is 6.05. The third-order valence-corrected chi connectivity index (χ3v) is 4.96. The van der Waals surface area contributed by atoms with Gasteiger partial charge in [-0.3, -0.25) is 9.59 Å². The monoisotopic (exact) mass is 371 g/mol. The van der Waals surface area contributed by atoms with Gasteiger partial charge in [-0.15, -0.1) is 0 Å². The number of aromatic nitrogens is 1. The predicted molar refractivity (Wildman–Crippen MR) is 109 cm³/mol. The molecule has 0 saturated carbocycles. The van der Waals surface area contributed by atoms with Gasteiger partial charge in [0, 0.05) is 10.8 Å². The van der Waals surface area contributed by atoms with Crippen molar-refractivity contribution in [2.45, 2.75) is 6.92 Å². The van der Waals surface area contributed by atoms with Crippen molar-refractivity contribution in [3.8, 4) is 5.69 Å². The fourth-order valence-electron chi connectivity index (χ4n) is 3.56. The Balaban J connectivity index is 2.25. The molecule has 0 saturated heterocycles. The van der Waals surface area contributed by atoms with Crippen LogP contribution in [0, 0.1) is 6.92 Å². The Morgan fingerprint density at radius 3 is 1.75 bits per heavy atom. The molecular weight excluding hydrogens is 354 g/mol. The zero-order chi connectivity index (χ0) is 19.8. The van der Waals surface area contributed by atoms with Gasteiger partial charge in [-0.25, -0.2) is 9.36 Å². The summed E-state index contributed by atoms with van der Waals surface area (Å²) in [6.07, 6.45) is 0. The van der Waals surface area contributed by atoms with Crippen molar-refractivity contribution in [2.24, 2.45) is 0 Å². The number of fused-ring (bicyclic) bond motifs is 3. The smallest absolute Gasteiger partial charge is 0.338 e. The molecule has 4 aromatic rings. The molecule has 5 nitrogen and oxygen atoms in total. The average Bonchev–Trinajstić information content (AvgIpc) is 2.82. The molecule has 0 radical (unpaired) electrons. The summed E-state index contributed by atoms with van der Waals surface area (Å²) < 4.78 is 5.97. The maximum absolute atomic E-state index is 13.4. The van der Waals surface area contributed by atoms with Gasteiger partial charge in [-0.2, -0.15) is 0 Å². The lowest BCUT2D eigenvalue weighted by Crippen LogP contribution is -2.29. The zero-order valence-electron chi connectivity index (χ0n) is 15.4. The molecule has 28 heavy (non-hydrogen) atoms. The van der Waals surface area contributed by atoms with E-state index in [0.717, 1.165) is 4.57 Å². The number of nitrogens with zero attached hydrogens (tertiary/aromatic N) is 1. The molecule has 5 heteroatoms. The maximum Gasteiger partial charge on any atom is 0.338 e. The van der Waals surface area contributed by atoms with E-state index >= 15 is 0 Å². The van der Waals surface area contributed by atoms with Gasteiger partial charge in [0.25, 0.3) is 11.1 Å². The Bertz CT molecular complexity index is 1300. The average molecular weight is 371 g/mol. The van der Waals surface area contributed by atoms with Gasteiger partial charge in [-0.1, -0.05) is 42.5 Å². The third-order valence-electron chi connectivity index (χ3n) is 4.96. The Morgan fingerprint density at radius 1 is 0.750 bits per heavy atom. The van der Waals surface area contributed by atoms with Crippen LogP contribution in [-0.4, -0.2) is 17.6 Å². The molecule has 0 atom stereocenters. The molecule has 0 aliphatic carbocycles. The van der Waals surface area contributed by atoms with Crippen LogP contribution in [0.3, 0.4) is 0 Å². The van der Waals surface area contributed by atoms with Gasteiger partial charge < -0.3 is 4.74 Å². The SMILES string of the molecule is COC(=O)c1cccc(-n2c(=O)c3ccccc3c3ccccc3c2=O)c1C. The van der Waals surface area contributed by atoms with Crippen molar-refractivity contribution < 1.29 is 9.53 Å². The molecule has 0 amide bonds. The first-order valence-electron chi connectivity index (χ1n) is 8.79. The van der Waals surface area contributed by atoms with Crippen LogP contribution < -0.4 is 11.1 Å². The number of rotatable bonds is 2. The normalized spacial score (nSPS) is 10.9. The zero-order valence-corrected chi connectivity index (χ0v) is 15.4. The molecule has 0 fully saturated rings. The minimum absolute atomic E-state index is 0.311. The molecule has 0 unspecified atom stereocenters. The van der Waals surface area contributed by atoms with Crippen molar-refractivity contribution in [1.82, 2.24) is 4.57 Å². The summed E-state index contributed by atoms with van der Waals surface area (Å²) in [4.78, 5) is 38.9. The number of hydrogen-bond donors (Lipinski definition) is 0. The second-order valence-electron chi connectivity index (χ2n) is 6.48. The first-order valence-corrected chi connectivity index (χ1v) is 8.79. The van der Waals surface area contributed by atoms with Crippen LogP contribution in [0.2, 0.25) is 0 Å². The summed E-state index contributed by atoms with van der Waals surface area (Å²) in [5.41, 5.74) is 0.326. The van der Waals surface area contributed by atoms with Crippen LogP contribution in [0.25, 0.3) is 27.2 Å². The standard InChI is InChI=1S/C23H17NO4/c1-14-15(23(27)28-2)12-7-13-20(14)24-21(25)18-10-5-3-8-16(18)17-9-4-6-11-19(17)22(24)26/h3-13H,1-2H3. The van der Waals surface area contributed by atoms with Gasteiger partial charge in [-0.05, 0) is 47.5 Å². The molecule has 0 aliphatic heterocycles. The highest BCUT2D eigenvalue weighted by Gasteiger charge is 2.17. The van der Waals surface area contributed by atoms with Crippen molar-refractivity contribution in [1.29, 1.82) is 0 Å². The quantitative estimate of drug-likeness (QED) is 0.505. The van der Waals surface area contributed by atoms with Crippen LogP contribution in [0.15, 0.2) is 76.3 Å². The van der Waals surface area contributed by atoms with Crippen molar-refractivity contribution in [3.63, 3.8) is 0 Å². The summed E-state index contributed by atoms with van der Waals surface area (Å²) in [5.74, 6) is -0.519. The lowest BCUT2D eigenvalue weighted by Gasteiger charge is -2.10. The topological polar surface area (TPSA) is 65.4 Å². The number of carbonyl (C=O) groups is 1. The minimum atomic E-state index is -0.519. The van der Waals surface area contributed by atoms with Gasteiger partial charge in [0.2, 0.25) is 0 Å². The van der Waals surface area contributed by atoms with E-state index in [1.807, 2.05) is 24.3 Å². The first kappa shape index (κ1) is 17.7. The Kier molecular flexibility index (Phi) is 4.28. The van der Waals surface area contributed by atoms with E-state index in [1.165, 1.54) is 7.11 Å². The van der Waals surface area contributed by atoms with E-state index in [2.05, 4.69) is 0 Å². The molecule has 138 valence electrons. The molecule has 0 aliphatic rings. The van der Waals surface area contributed by atoms with E-state index in [0.29, 0.717) is 38.4 Å². The predicted octanol–water partition coefficient (Wildman–Crippen LogP) is 3.60. The van der Waals surface area contributed by atoms with E-state index < -0.39 is 17.1 Å². The van der Waals surface area contributed by atoms with Crippen molar-refractivity contribution >= 4 is 27.5 Å². The van der Waals surface area contributed by atoms with Gasteiger partial charge in [0.05, 0.1) is 18.4 Å². The van der Waals surface area contributed by atoms with E-state index in [9.17, 15) is 14.4 Å². The Labute approximate surface area is 160 Å². The molecule has 1 aromatic heterocycles. The summed E-state index contributed by atoms with van der Waals surface area (Å²) in [7, 11) is 1.29. The molecule has 0 bridgehead atoms. The highest BCUT2D eigenvalue weighted by Crippen LogP contribution is 2.22. The number of methoxy groups -OCH3 is 1. The second kappa shape index (κ2) is 6.78. The number of esters is 1. The van der Waals surface area contributed by atoms with Crippen molar-refractivity contribution in [2.75, 3.05) is 7.11 Å². The van der Waals surface area contributed by atoms with Crippen LogP contribution in [-0.2, 0) is 4.74 Å². The van der Waals surface area contributed by atoms with Crippen LogP contribution in [0.4, 0.5) is 0 Å². The molecular formula is C23H17NO4. The van der Waals surface area contributed by atoms with E-state index in [4.69, 9.17) is 4.74 Å². The minimum Gasteiger partial charge on any atom is -0.465 e. The number of carbonyl (C=O) groups excluding carboxylic acids is 1. The summed E-state index contributed by atoms with van der Waals surface area (Å²) >= 11 is 0. The summed E-state index contributed by atoms with van der Waals surface area (Å²) in [6, 6.07) is 19.2. The largest absolute Gasteiger partial charge is 0.465 e.